The van der Waals surface area contributed by atoms with Crippen LogP contribution in [0.15, 0.2) is 48.9 Å². The molecule has 3 heterocycles. The van der Waals surface area contributed by atoms with Gasteiger partial charge < -0.3 is 14.4 Å². The van der Waals surface area contributed by atoms with Gasteiger partial charge >= 0.3 is 0 Å². The number of pyridine rings is 2. The summed E-state index contributed by atoms with van der Waals surface area (Å²) in [4.78, 5) is 22.7. The molecular weight excluding hydrogens is 318 g/mol. The minimum absolute atomic E-state index is 0.0201. The molecule has 0 aliphatic carbocycles. The smallest absolute Gasteiger partial charge is 0.248 e. The van der Waals surface area contributed by atoms with E-state index >= 15 is 0 Å². The second-order valence-corrected chi connectivity index (χ2v) is 6.06. The molecule has 0 unspecified atom stereocenters. The molecule has 2 atom stereocenters. The lowest BCUT2D eigenvalue weighted by atomic mass is 9.93. The Labute approximate surface area is 147 Å². The van der Waals surface area contributed by atoms with Gasteiger partial charge in [-0.1, -0.05) is 6.07 Å². The number of carbonyl (C=O) groups is 1. The van der Waals surface area contributed by atoms with Crippen molar-refractivity contribution in [2.24, 2.45) is 5.92 Å². The van der Waals surface area contributed by atoms with Crippen molar-refractivity contribution in [3.05, 3.63) is 54.6 Å². The lowest BCUT2D eigenvalue weighted by Crippen LogP contribution is -2.32. The fourth-order valence-corrected chi connectivity index (χ4v) is 3.09. The number of nitrogens with zero attached hydrogens (tertiary/aromatic N) is 3. The highest BCUT2D eigenvalue weighted by Gasteiger charge is 2.37. The molecular formula is C19H23N3O3. The molecule has 25 heavy (non-hydrogen) atoms. The SMILES string of the molecule is CCOCC(=O)N1C[C@@H](COc2cccnc2)[C@H](c2ccccn2)C1. The molecule has 2 aromatic heterocycles. The van der Waals surface area contributed by atoms with Crippen LogP contribution in [0.2, 0.25) is 0 Å². The predicted octanol–water partition coefficient (Wildman–Crippen LogP) is 2.13. The summed E-state index contributed by atoms with van der Waals surface area (Å²) in [6.07, 6.45) is 5.20. The average Bonchev–Trinajstić information content (AvgIpc) is 3.10. The number of hydrogen-bond donors (Lipinski definition) is 0. The van der Waals surface area contributed by atoms with Gasteiger partial charge in [-0.3, -0.25) is 14.8 Å². The topological polar surface area (TPSA) is 64.5 Å². The molecule has 0 spiro atoms. The van der Waals surface area contributed by atoms with Gasteiger partial charge in [0.1, 0.15) is 12.4 Å². The van der Waals surface area contributed by atoms with E-state index in [4.69, 9.17) is 9.47 Å². The highest BCUT2D eigenvalue weighted by atomic mass is 16.5. The molecule has 1 aliphatic rings. The van der Waals surface area contributed by atoms with Crippen LogP contribution in [0, 0.1) is 5.92 Å². The quantitative estimate of drug-likeness (QED) is 0.772. The molecule has 1 aliphatic heterocycles. The Morgan fingerprint density at radius 3 is 2.88 bits per heavy atom. The first-order chi connectivity index (χ1) is 12.3. The van der Waals surface area contributed by atoms with Crippen LogP contribution in [0.3, 0.4) is 0 Å². The average molecular weight is 341 g/mol. The maximum atomic E-state index is 12.3. The first-order valence-corrected chi connectivity index (χ1v) is 8.57. The van der Waals surface area contributed by atoms with Crippen molar-refractivity contribution in [1.29, 1.82) is 0 Å². The molecule has 6 nitrogen and oxygen atoms in total. The largest absolute Gasteiger partial charge is 0.492 e. The monoisotopic (exact) mass is 341 g/mol. The van der Waals surface area contributed by atoms with E-state index in [1.165, 1.54) is 0 Å². The van der Waals surface area contributed by atoms with E-state index in [2.05, 4.69) is 9.97 Å². The van der Waals surface area contributed by atoms with Crippen molar-refractivity contribution in [3.63, 3.8) is 0 Å². The maximum Gasteiger partial charge on any atom is 0.248 e. The Bertz CT molecular complexity index is 666. The molecule has 1 amide bonds. The summed E-state index contributed by atoms with van der Waals surface area (Å²) in [7, 11) is 0. The van der Waals surface area contributed by atoms with E-state index in [-0.39, 0.29) is 24.3 Å². The van der Waals surface area contributed by atoms with Crippen molar-refractivity contribution < 1.29 is 14.3 Å². The molecule has 6 heteroatoms. The fourth-order valence-electron chi connectivity index (χ4n) is 3.09. The zero-order valence-electron chi connectivity index (χ0n) is 14.4. The molecule has 1 saturated heterocycles. The lowest BCUT2D eigenvalue weighted by molar-refractivity contribution is -0.135. The standard InChI is InChI=1S/C19H23N3O3/c1-2-24-14-19(23)22-11-15(13-25-16-6-5-8-20-10-16)17(12-22)18-7-3-4-9-21-18/h3-10,15,17H,2,11-14H2,1H3/t15-,17+/m0/s1. The summed E-state index contributed by atoms with van der Waals surface area (Å²) in [5, 5.41) is 0. The van der Waals surface area contributed by atoms with Gasteiger partial charge in [0.05, 0.1) is 12.8 Å². The van der Waals surface area contributed by atoms with Gasteiger partial charge in [0.2, 0.25) is 5.91 Å². The van der Waals surface area contributed by atoms with Gasteiger partial charge in [0.15, 0.2) is 0 Å². The summed E-state index contributed by atoms with van der Waals surface area (Å²) >= 11 is 0. The Morgan fingerprint density at radius 1 is 1.24 bits per heavy atom. The molecule has 1 fully saturated rings. The summed E-state index contributed by atoms with van der Waals surface area (Å²) < 4.78 is 11.2. The third-order valence-corrected chi connectivity index (χ3v) is 4.39. The van der Waals surface area contributed by atoms with Gasteiger partial charge in [0.25, 0.3) is 0 Å². The van der Waals surface area contributed by atoms with Crippen LogP contribution in [0.5, 0.6) is 5.75 Å². The Balaban J connectivity index is 1.69. The second kappa shape index (κ2) is 8.58. The summed E-state index contributed by atoms with van der Waals surface area (Å²) in [6.45, 7) is 4.36. The minimum Gasteiger partial charge on any atom is -0.492 e. The lowest BCUT2D eigenvalue weighted by Gasteiger charge is -2.18. The number of hydrogen-bond acceptors (Lipinski definition) is 5. The van der Waals surface area contributed by atoms with Crippen molar-refractivity contribution in [1.82, 2.24) is 14.9 Å². The number of rotatable bonds is 7. The zero-order chi connectivity index (χ0) is 17.5. The number of carbonyl (C=O) groups excluding carboxylic acids is 1. The van der Waals surface area contributed by atoms with Crippen LogP contribution in [-0.4, -0.2) is 53.7 Å². The number of ether oxygens (including phenoxy) is 2. The number of aromatic nitrogens is 2. The van der Waals surface area contributed by atoms with E-state index in [1.807, 2.05) is 42.2 Å². The molecule has 2 aromatic rings. The van der Waals surface area contributed by atoms with Gasteiger partial charge in [-0.2, -0.15) is 0 Å². The fraction of sp³-hybridized carbons (Fsp3) is 0.421. The molecule has 0 radical (unpaired) electrons. The van der Waals surface area contributed by atoms with Gasteiger partial charge in [-0.15, -0.1) is 0 Å². The Morgan fingerprint density at radius 2 is 2.16 bits per heavy atom. The summed E-state index contributed by atoms with van der Waals surface area (Å²) in [5.74, 6) is 1.09. The summed E-state index contributed by atoms with van der Waals surface area (Å²) in [6, 6.07) is 9.62. The van der Waals surface area contributed by atoms with Crippen molar-refractivity contribution in [3.8, 4) is 5.75 Å². The van der Waals surface area contributed by atoms with Gasteiger partial charge in [-0.05, 0) is 31.2 Å². The third-order valence-electron chi connectivity index (χ3n) is 4.39. The van der Waals surface area contributed by atoms with Gasteiger partial charge in [0, 0.05) is 49.6 Å². The highest BCUT2D eigenvalue weighted by Crippen LogP contribution is 2.32. The predicted molar refractivity (Wildman–Crippen MR) is 93.3 cm³/mol. The van der Waals surface area contributed by atoms with E-state index < -0.39 is 0 Å². The Kier molecular flexibility index (Phi) is 5.95. The minimum atomic E-state index is 0.0201. The van der Waals surface area contributed by atoms with Crippen LogP contribution < -0.4 is 4.74 Å². The van der Waals surface area contributed by atoms with Crippen LogP contribution >= 0.6 is 0 Å². The first-order valence-electron chi connectivity index (χ1n) is 8.57. The second-order valence-electron chi connectivity index (χ2n) is 6.06. The molecule has 0 aromatic carbocycles. The Hall–Kier alpha value is -2.47. The van der Waals surface area contributed by atoms with Crippen molar-refractivity contribution >= 4 is 5.91 Å². The van der Waals surface area contributed by atoms with Crippen LogP contribution in [0.25, 0.3) is 0 Å². The molecule has 132 valence electrons. The molecule has 0 saturated carbocycles. The molecule has 3 rings (SSSR count). The van der Waals surface area contributed by atoms with Crippen molar-refractivity contribution in [2.75, 3.05) is 32.9 Å². The normalized spacial score (nSPS) is 19.8. The van der Waals surface area contributed by atoms with Crippen LogP contribution in [0.4, 0.5) is 0 Å². The van der Waals surface area contributed by atoms with E-state index in [0.29, 0.717) is 26.3 Å². The highest BCUT2D eigenvalue weighted by molar-refractivity contribution is 5.78. The number of likely N-dealkylation sites (tertiary alicyclic amines) is 1. The number of amides is 1. The molecule has 0 N–H and O–H groups in total. The zero-order valence-corrected chi connectivity index (χ0v) is 14.4. The van der Waals surface area contributed by atoms with E-state index in [9.17, 15) is 4.79 Å². The van der Waals surface area contributed by atoms with Crippen LogP contribution in [0.1, 0.15) is 18.5 Å². The molecule has 0 bridgehead atoms. The van der Waals surface area contributed by atoms with E-state index in [0.717, 1.165) is 11.4 Å². The van der Waals surface area contributed by atoms with Crippen LogP contribution in [-0.2, 0) is 9.53 Å². The third kappa shape index (κ3) is 4.54. The van der Waals surface area contributed by atoms with Gasteiger partial charge in [-0.25, -0.2) is 0 Å². The van der Waals surface area contributed by atoms with Crippen molar-refractivity contribution in [2.45, 2.75) is 12.8 Å². The maximum absolute atomic E-state index is 12.3. The van der Waals surface area contributed by atoms with E-state index in [1.54, 1.807) is 18.6 Å². The first kappa shape index (κ1) is 17.4. The summed E-state index contributed by atoms with van der Waals surface area (Å²) in [5.41, 5.74) is 0.994.